The standard InChI is InChI=1S/C8H11NO/c1-2-3-5-9-6-4-8(10)7-9/h4-7H2,1H3. The lowest BCUT2D eigenvalue weighted by Gasteiger charge is -2.06. The van der Waals surface area contributed by atoms with Crippen LogP contribution in [0.1, 0.15) is 13.3 Å². The zero-order chi connectivity index (χ0) is 7.40. The van der Waals surface area contributed by atoms with E-state index in [-0.39, 0.29) is 0 Å². The van der Waals surface area contributed by atoms with Crippen LogP contribution in [0.15, 0.2) is 0 Å². The monoisotopic (exact) mass is 137 g/mol. The number of likely N-dealkylation sites (tertiary alicyclic amines) is 1. The van der Waals surface area contributed by atoms with Crippen molar-refractivity contribution < 1.29 is 4.79 Å². The molecule has 54 valence electrons. The molecular formula is C8H11NO. The Bertz CT molecular complexity index is 187. The van der Waals surface area contributed by atoms with Gasteiger partial charge in [0.15, 0.2) is 0 Å². The van der Waals surface area contributed by atoms with Crippen LogP contribution >= 0.6 is 0 Å². The first kappa shape index (κ1) is 7.30. The van der Waals surface area contributed by atoms with Gasteiger partial charge in [0.1, 0.15) is 5.78 Å². The van der Waals surface area contributed by atoms with Gasteiger partial charge in [-0.15, -0.1) is 5.92 Å². The van der Waals surface area contributed by atoms with Crippen LogP contribution in [-0.2, 0) is 4.79 Å². The van der Waals surface area contributed by atoms with Crippen LogP contribution in [0.2, 0.25) is 0 Å². The Morgan fingerprint density at radius 3 is 3.00 bits per heavy atom. The summed E-state index contributed by atoms with van der Waals surface area (Å²) in [4.78, 5) is 12.8. The average molecular weight is 137 g/mol. The lowest BCUT2D eigenvalue weighted by Crippen LogP contribution is -2.20. The highest BCUT2D eigenvalue weighted by Gasteiger charge is 2.17. The molecule has 0 atom stereocenters. The highest BCUT2D eigenvalue weighted by Crippen LogP contribution is 2.01. The maximum atomic E-state index is 10.7. The van der Waals surface area contributed by atoms with Gasteiger partial charge in [0.2, 0.25) is 0 Å². The predicted molar refractivity (Wildman–Crippen MR) is 39.5 cm³/mol. The fourth-order valence-electron chi connectivity index (χ4n) is 1.02. The van der Waals surface area contributed by atoms with Gasteiger partial charge < -0.3 is 0 Å². The Balaban J connectivity index is 2.29. The third-order valence-electron chi connectivity index (χ3n) is 1.59. The Morgan fingerprint density at radius 2 is 2.50 bits per heavy atom. The molecule has 0 aromatic rings. The SMILES string of the molecule is CC#CCN1CCC(=O)C1. The third kappa shape index (κ3) is 1.85. The van der Waals surface area contributed by atoms with Crippen LogP contribution in [0.25, 0.3) is 0 Å². The van der Waals surface area contributed by atoms with E-state index in [1.54, 1.807) is 0 Å². The Morgan fingerprint density at radius 1 is 1.70 bits per heavy atom. The van der Waals surface area contributed by atoms with Crippen LogP contribution < -0.4 is 0 Å². The number of hydrogen-bond acceptors (Lipinski definition) is 2. The quantitative estimate of drug-likeness (QED) is 0.484. The molecule has 10 heavy (non-hydrogen) atoms. The first-order valence-electron chi connectivity index (χ1n) is 3.46. The van der Waals surface area contributed by atoms with Gasteiger partial charge in [0, 0.05) is 13.0 Å². The number of hydrogen-bond donors (Lipinski definition) is 0. The molecular weight excluding hydrogens is 126 g/mol. The molecule has 0 aromatic carbocycles. The number of nitrogens with zero attached hydrogens (tertiary/aromatic N) is 1. The number of carbonyl (C=O) groups is 1. The highest BCUT2D eigenvalue weighted by atomic mass is 16.1. The average Bonchev–Trinajstić information content (AvgIpc) is 2.31. The topological polar surface area (TPSA) is 20.3 Å². The Kier molecular flexibility index (Phi) is 2.47. The lowest BCUT2D eigenvalue weighted by atomic mass is 10.4. The second-order valence-electron chi connectivity index (χ2n) is 2.43. The zero-order valence-electron chi connectivity index (χ0n) is 6.18. The summed E-state index contributed by atoms with van der Waals surface area (Å²) in [6, 6.07) is 0. The first-order chi connectivity index (χ1) is 4.83. The van der Waals surface area contributed by atoms with Gasteiger partial charge >= 0.3 is 0 Å². The summed E-state index contributed by atoms with van der Waals surface area (Å²) < 4.78 is 0. The molecule has 0 aromatic heterocycles. The lowest BCUT2D eigenvalue weighted by molar-refractivity contribution is -0.116. The first-order valence-corrected chi connectivity index (χ1v) is 3.46. The van der Waals surface area contributed by atoms with Gasteiger partial charge in [-0.1, -0.05) is 5.92 Å². The third-order valence-corrected chi connectivity index (χ3v) is 1.59. The van der Waals surface area contributed by atoms with Gasteiger partial charge in [0.25, 0.3) is 0 Å². The van der Waals surface area contributed by atoms with Gasteiger partial charge in [-0.05, 0) is 6.92 Å². The Labute approximate surface area is 61.2 Å². The molecule has 0 saturated carbocycles. The molecule has 1 aliphatic heterocycles. The maximum absolute atomic E-state index is 10.7. The van der Waals surface area contributed by atoms with E-state index in [1.165, 1.54) is 0 Å². The van der Waals surface area contributed by atoms with Crippen molar-refractivity contribution in [2.45, 2.75) is 13.3 Å². The van der Waals surface area contributed by atoms with E-state index in [0.717, 1.165) is 13.1 Å². The summed E-state index contributed by atoms with van der Waals surface area (Å²) in [6.07, 6.45) is 0.714. The summed E-state index contributed by atoms with van der Waals surface area (Å²) in [5, 5.41) is 0. The summed E-state index contributed by atoms with van der Waals surface area (Å²) in [7, 11) is 0. The van der Waals surface area contributed by atoms with E-state index < -0.39 is 0 Å². The van der Waals surface area contributed by atoms with E-state index in [1.807, 2.05) is 6.92 Å². The normalized spacial score (nSPS) is 18.7. The van der Waals surface area contributed by atoms with Crippen molar-refractivity contribution in [2.75, 3.05) is 19.6 Å². The molecule has 2 nitrogen and oxygen atoms in total. The molecule has 1 saturated heterocycles. The highest BCUT2D eigenvalue weighted by molar-refractivity contribution is 5.82. The van der Waals surface area contributed by atoms with Crippen LogP contribution in [0.5, 0.6) is 0 Å². The minimum atomic E-state index is 0.345. The zero-order valence-corrected chi connectivity index (χ0v) is 6.18. The van der Waals surface area contributed by atoms with Crippen LogP contribution in [-0.4, -0.2) is 30.3 Å². The molecule has 1 aliphatic rings. The maximum Gasteiger partial charge on any atom is 0.148 e. The molecule has 1 rings (SSSR count). The number of Topliss-reactive ketones (excluding diaryl/α,β-unsaturated/α-hetero) is 1. The van der Waals surface area contributed by atoms with Gasteiger partial charge in [-0.25, -0.2) is 0 Å². The summed E-state index contributed by atoms with van der Waals surface area (Å²) in [5.41, 5.74) is 0. The molecule has 0 spiro atoms. The molecule has 2 heteroatoms. The van der Waals surface area contributed by atoms with E-state index in [0.29, 0.717) is 18.7 Å². The molecule has 0 unspecified atom stereocenters. The van der Waals surface area contributed by atoms with Crippen molar-refractivity contribution in [1.29, 1.82) is 0 Å². The molecule has 0 bridgehead atoms. The fourth-order valence-corrected chi connectivity index (χ4v) is 1.02. The fraction of sp³-hybridized carbons (Fsp3) is 0.625. The molecule has 1 heterocycles. The van der Waals surface area contributed by atoms with E-state index in [2.05, 4.69) is 16.7 Å². The van der Waals surface area contributed by atoms with Crippen molar-refractivity contribution in [3.63, 3.8) is 0 Å². The summed E-state index contributed by atoms with van der Waals surface area (Å²) in [5.74, 6) is 6.09. The van der Waals surface area contributed by atoms with E-state index in [9.17, 15) is 4.79 Å². The van der Waals surface area contributed by atoms with Crippen molar-refractivity contribution in [1.82, 2.24) is 4.90 Å². The van der Waals surface area contributed by atoms with Gasteiger partial charge in [-0.2, -0.15) is 0 Å². The van der Waals surface area contributed by atoms with Gasteiger partial charge in [0.05, 0.1) is 13.1 Å². The molecule has 0 radical (unpaired) electrons. The van der Waals surface area contributed by atoms with E-state index >= 15 is 0 Å². The summed E-state index contributed by atoms with van der Waals surface area (Å²) in [6.45, 7) is 4.07. The minimum Gasteiger partial charge on any atom is -0.298 e. The second-order valence-corrected chi connectivity index (χ2v) is 2.43. The van der Waals surface area contributed by atoms with Crippen LogP contribution in [0.4, 0.5) is 0 Å². The van der Waals surface area contributed by atoms with Crippen molar-refractivity contribution in [2.24, 2.45) is 0 Å². The molecule has 0 N–H and O–H groups in total. The number of rotatable bonds is 1. The largest absolute Gasteiger partial charge is 0.298 e. The summed E-state index contributed by atoms with van der Waals surface area (Å²) >= 11 is 0. The molecule has 0 aliphatic carbocycles. The predicted octanol–water partition coefficient (Wildman–Crippen LogP) is 0.284. The molecule has 0 amide bonds. The van der Waals surface area contributed by atoms with Crippen LogP contribution in [0.3, 0.4) is 0 Å². The number of carbonyl (C=O) groups excluding carboxylic acids is 1. The number of ketones is 1. The van der Waals surface area contributed by atoms with Crippen molar-refractivity contribution >= 4 is 5.78 Å². The molecule has 1 fully saturated rings. The van der Waals surface area contributed by atoms with Gasteiger partial charge in [-0.3, -0.25) is 9.69 Å². The van der Waals surface area contributed by atoms with E-state index in [4.69, 9.17) is 0 Å². The minimum absolute atomic E-state index is 0.345. The van der Waals surface area contributed by atoms with Crippen LogP contribution in [0, 0.1) is 11.8 Å². The smallest absolute Gasteiger partial charge is 0.148 e. The van der Waals surface area contributed by atoms with Crippen molar-refractivity contribution in [3.05, 3.63) is 0 Å². The Hall–Kier alpha value is -0.810. The second kappa shape index (κ2) is 3.38. The van der Waals surface area contributed by atoms with Crippen molar-refractivity contribution in [3.8, 4) is 11.8 Å².